The van der Waals surface area contributed by atoms with E-state index >= 15 is 0 Å². The Kier molecular flexibility index (Phi) is 8.44. The van der Waals surface area contributed by atoms with E-state index in [1.807, 2.05) is 12.2 Å². The average Bonchev–Trinajstić information content (AvgIpc) is 3.61. The van der Waals surface area contributed by atoms with Crippen molar-refractivity contribution < 1.29 is 19.1 Å². The van der Waals surface area contributed by atoms with Crippen molar-refractivity contribution in [2.45, 2.75) is 101 Å². The molecule has 6 rings (SSSR count). The summed E-state index contributed by atoms with van der Waals surface area (Å²) in [7, 11) is 0. The summed E-state index contributed by atoms with van der Waals surface area (Å²) in [5, 5.41) is 6.74. The largest absolute Gasteiger partial charge is 0.359 e. The number of anilines is 1. The molecular formula is C32H43ClN4O4. The van der Waals surface area contributed by atoms with Gasteiger partial charge in [-0.05, 0) is 63.3 Å². The average molecular weight is 583 g/mol. The van der Waals surface area contributed by atoms with Crippen LogP contribution in [0.15, 0.2) is 36.4 Å². The van der Waals surface area contributed by atoms with E-state index in [9.17, 15) is 14.4 Å². The number of ether oxygens (including phenoxy) is 1. The zero-order valence-electron chi connectivity index (χ0n) is 24.0. The molecule has 3 amide bonds. The molecule has 9 heteroatoms. The fraction of sp³-hybridized carbons (Fsp3) is 0.656. The lowest BCUT2D eigenvalue weighted by Crippen LogP contribution is -2.56. The number of benzene rings is 1. The number of carbonyl (C=O) groups excluding carboxylic acids is 3. The van der Waals surface area contributed by atoms with Crippen LogP contribution in [-0.2, 0) is 19.1 Å². The van der Waals surface area contributed by atoms with Gasteiger partial charge < -0.3 is 25.2 Å². The number of hydrogen-bond acceptors (Lipinski definition) is 5. The molecule has 0 aromatic heterocycles. The summed E-state index contributed by atoms with van der Waals surface area (Å²) in [5.41, 5.74) is -0.558. The van der Waals surface area contributed by atoms with Gasteiger partial charge >= 0.3 is 0 Å². The van der Waals surface area contributed by atoms with Gasteiger partial charge in [0.15, 0.2) is 0 Å². The fourth-order valence-corrected chi connectivity index (χ4v) is 8.28. The van der Waals surface area contributed by atoms with Crippen molar-refractivity contribution in [1.29, 1.82) is 0 Å². The second kappa shape index (κ2) is 12.1. The number of nitrogens with zero attached hydrogens (tertiary/aromatic N) is 2. The van der Waals surface area contributed by atoms with Gasteiger partial charge in [0.05, 0.1) is 17.9 Å². The second-order valence-electron chi connectivity index (χ2n) is 12.5. The molecular weight excluding hydrogens is 540 g/mol. The molecule has 2 bridgehead atoms. The van der Waals surface area contributed by atoms with Gasteiger partial charge in [-0.25, -0.2) is 0 Å². The number of nitrogens with one attached hydrogen (secondary N) is 2. The van der Waals surface area contributed by atoms with E-state index in [4.69, 9.17) is 16.3 Å². The summed E-state index contributed by atoms with van der Waals surface area (Å²) in [6, 6.07) is 6.90. The van der Waals surface area contributed by atoms with Crippen molar-refractivity contribution in [3.63, 3.8) is 0 Å². The Balaban J connectivity index is 1.23. The lowest BCUT2D eigenvalue weighted by molar-refractivity contribution is -0.141. The van der Waals surface area contributed by atoms with Crippen LogP contribution in [0.1, 0.15) is 71.1 Å². The Morgan fingerprint density at radius 2 is 1.88 bits per heavy atom. The Morgan fingerprint density at radius 3 is 2.66 bits per heavy atom. The molecule has 222 valence electrons. The van der Waals surface area contributed by atoms with Gasteiger partial charge in [0.2, 0.25) is 17.7 Å². The molecule has 1 aliphatic carbocycles. The first-order chi connectivity index (χ1) is 19.9. The van der Waals surface area contributed by atoms with Crippen molar-refractivity contribution in [3.8, 4) is 0 Å². The molecule has 3 saturated heterocycles. The molecule has 1 spiro atoms. The molecule has 6 atom stereocenters. The van der Waals surface area contributed by atoms with Crippen molar-refractivity contribution in [2.75, 3.05) is 25.0 Å². The van der Waals surface area contributed by atoms with Crippen molar-refractivity contribution in [1.82, 2.24) is 15.1 Å². The second-order valence-corrected chi connectivity index (χ2v) is 13.0. The van der Waals surface area contributed by atoms with Gasteiger partial charge in [-0.2, -0.15) is 0 Å². The van der Waals surface area contributed by atoms with Gasteiger partial charge in [-0.15, -0.1) is 0 Å². The van der Waals surface area contributed by atoms with Gasteiger partial charge in [0.25, 0.3) is 0 Å². The molecule has 4 heterocycles. The number of halogens is 1. The number of likely N-dealkylation sites (tertiary alicyclic amines) is 2. The minimum atomic E-state index is -1.13. The molecule has 1 saturated carbocycles. The predicted octanol–water partition coefficient (Wildman–Crippen LogP) is 4.53. The van der Waals surface area contributed by atoms with Crippen molar-refractivity contribution in [2.24, 2.45) is 11.8 Å². The van der Waals surface area contributed by atoms with Gasteiger partial charge in [-0.1, -0.05) is 62.4 Å². The topological polar surface area (TPSA) is 91.0 Å². The molecule has 0 radical (unpaired) electrons. The van der Waals surface area contributed by atoms with Crippen LogP contribution < -0.4 is 10.6 Å². The monoisotopic (exact) mass is 582 g/mol. The number of rotatable bonds is 9. The molecule has 5 aliphatic rings. The molecule has 41 heavy (non-hydrogen) atoms. The number of amides is 3. The van der Waals surface area contributed by atoms with Crippen molar-refractivity contribution in [3.05, 3.63) is 41.4 Å². The number of fused-ring (bicyclic) bond motifs is 1. The summed E-state index contributed by atoms with van der Waals surface area (Å²) in [4.78, 5) is 46.2. The van der Waals surface area contributed by atoms with Gasteiger partial charge in [-0.3, -0.25) is 14.4 Å². The zero-order chi connectivity index (χ0) is 28.6. The van der Waals surface area contributed by atoms with E-state index in [1.165, 1.54) is 25.7 Å². The Labute approximate surface area is 248 Å². The smallest absolute Gasteiger partial charge is 0.246 e. The third-order valence-corrected chi connectivity index (χ3v) is 10.3. The molecule has 1 aromatic carbocycles. The van der Waals surface area contributed by atoms with Crippen LogP contribution in [-0.4, -0.2) is 77.0 Å². The van der Waals surface area contributed by atoms with Crippen LogP contribution in [0.5, 0.6) is 0 Å². The first-order valence-corrected chi connectivity index (χ1v) is 16.1. The fourth-order valence-electron chi connectivity index (χ4n) is 8.09. The first-order valence-electron chi connectivity index (χ1n) is 15.7. The van der Waals surface area contributed by atoms with Crippen LogP contribution >= 0.6 is 11.6 Å². The lowest BCUT2D eigenvalue weighted by Gasteiger charge is -2.36. The van der Waals surface area contributed by atoms with Crippen LogP contribution in [0.2, 0.25) is 5.02 Å². The third kappa shape index (κ3) is 5.43. The molecule has 4 fully saturated rings. The van der Waals surface area contributed by atoms with Crippen LogP contribution in [0.4, 0.5) is 5.69 Å². The summed E-state index contributed by atoms with van der Waals surface area (Å²) in [5.74, 6) is -2.05. The quantitative estimate of drug-likeness (QED) is 0.418. The number of hydrogen-bond donors (Lipinski definition) is 2. The highest BCUT2D eigenvalue weighted by Crippen LogP contribution is 2.55. The minimum absolute atomic E-state index is 0.117. The Hall–Kier alpha value is -2.42. The predicted molar refractivity (Wildman–Crippen MR) is 158 cm³/mol. The Bertz CT molecular complexity index is 1190. The zero-order valence-corrected chi connectivity index (χ0v) is 24.8. The van der Waals surface area contributed by atoms with E-state index in [0.29, 0.717) is 23.3 Å². The van der Waals surface area contributed by atoms with Crippen LogP contribution in [0.3, 0.4) is 0 Å². The highest BCUT2D eigenvalue weighted by molar-refractivity contribution is 6.30. The normalized spacial score (nSPS) is 33.3. The van der Waals surface area contributed by atoms with E-state index in [-0.39, 0.29) is 23.8 Å². The van der Waals surface area contributed by atoms with Crippen LogP contribution in [0.25, 0.3) is 0 Å². The highest BCUT2D eigenvalue weighted by Gasteiger charge is 2.72. The van der Waals surface area contributed by atoms with Gasteiger partial charge in [0, 0.05) is 35.9 Å². The molecule has 8 nitrogen and oxygen atoms in total. The first kappa shape index (κ1) is 28.7. The van der Waals surface area contributed by atoms with E-state index in [1.54, 1.807) is 29.2 Å². The molecule has 1 aromatic rings. The highest BCUT2D eigenvalue weighted by atomic mass is 35.5. The SMILES string of the molecule is CC[C@@H]1CCCCN1CCCN1C(=O)[C@@H]2[C@@H](C(=O)Nc3cccc(Cl)c3)[C@@H]3C=C[C@@]2(O3)[C@@H]1C(=O)NC1CCCCC1. The van der Waals surface area contributed by atoms with Crippen molar-refractivity contribution >= 4 is 35.0 Å². The molecule has 0 unspecified atom stereocenters. The summed E-state index contributed by atoms with van der Waals surface area (Å²) < 4.78 is 6.50. The Morgan fingerprint density at radius 1 is 1.07 bits per heavy atom. The maximum atomic E-state index is 14.2. The molecule has 4 aliphatic heterocycles. The maximum absolute atomic E-state index is 14.2. The van der Waals surface area contributed by atoms with Crippen LogP contribution in [0, 0.1) is 11.8 Å². The number of carbonyl (C=O) groups is 3. The number of piperidine rings is 1. The third-order valence-electron chi connectivity index (χ3n) is 10.0. The summed E-state index contributed by atoms with van der Waals surface area (Å²) >= 11 is 6.14. The lowest BCUT2D eigenvalue weighted by atomic mass is 9.74. The summed E-state index contributed by atoms with van der Waals surface area (Å²) in [6.07, 6.45) is 14.1. The standard InChI is InChI=1S/C32H43ClN4O4/c1-2-24-14-6-7-17-36(24)18-9-19-37-28(30(39)34-22-11-4-3-5-12-22)32-16-15-25(41-32)26(27(32)31(37)40)29(38)35-23-13-8-10-21(33)20-23/h8,10,13,15-16,20,22,24-28H,2-7,9,11-12,14,17-19H2,1H3,(H,34,39)(H,35,38)/t24-,25+,26+,27+,28+,32+/m1/s1. The van der Waals surface area contributed by atoms with E-state index < -0.39 is 29.6 Å². The summed E-state index contributed by atoms with van der Waals surface area (Å²) in [6.45, 7) is 4.70. The molecule has 2 N–H and O–H groups in total. The van der Waals surface area contributed by atoms with E-state index in [2.05, 4.69) is 22.5 Å². The maximum Gasteiger partial charge on any atom is 0.246 e. The minimum Gasteiger partial charge on any atom is -0.359 e. The van der Waals surface area contributed by atoms with Gasteiger partial charge in [0.1, 0.15) is 11.6 Å². The van der Waals surface area contributed by atoms with E-state index in [0.717, 1.165) is 51.6 Å².